The molecule has 0 amide bonds. The second kappa shape index (κ2) is 5.71. The number of aryl methyl sites for hydroxylation is 1. The minimum atomic E-state index is -0.218. The Bertz CT molecular complexity index is 310. The summed E-state index contributed by atoms with van der Waals surface area (Å²) in [6.45, 7) is 4.39. The maximum Gasteiger partial charge on any atom is 0.129 e. The zero-order valence-corrected chi connectivity index (χ0v) is 9.51. The van der Waals surface area contributed by atoms with Crippen molar-refractivity contribution in [1.29, 1.82) is 0 Å². The second-order valence-electron chi connectivity index (χ2n) is 3.62. The third-order valence-electron chi connectivity index (χ3n) is 2.50. The van der Waals surface area contributed by atoms with Gasteiger partial charge in [0, 0.05) is 12.1 Å². The van der Waals surface area contributed by atoms with Crippen LogP contribution >= 0.6 is 0 Å². The van der Waals surface area contributed by atoms with E-state index in [1.54, 1.807) is 19.1 Å². The summed E-state index contributed by atoms with van der Waals surface area (Å²) in [5.41, 5.74) is 0.642. The third-order valence-corrected chi connectivity index (χ3v) is 2.50. The molecule has 15 heavy (non-hydrogen) atoms. The Labute approximate surface area is 90.4 Å². The summed E-state index contributed by atoms with van der Waals surface area (Å²) >= 11 is 0. The van der Waals surface area contributed by atoms with Crippen molar-refractivity contribution < 1.29 is 9.13 Å². The van der Waals surface area contributed by atoms with Gasteiger partial charge in [-0.25, -0.2) is 4.39 Å². The van der Waals surface area contributed by atoms with E-state index in [4.69, 9.17) is 4.74 Å². The molecule has 1 rings (SSSR count). The summed E-state index contributed by atoms with van der Waals surface area (Å²) in [6.07, 6.45) is 0.991. The minimum absolute atomic E-state index is 0.218. The highest BCUT2D eigenvalue weighted by molar-refractivity contribution is 5.27. The molecule has 0 bridgehead atoms. The molecule has 0 aliphatic carbocycles. The van der Waals surface area contributed by atoms with Crippen LogP contribution in [0.2, 0.25) is 0 Å². The number of halogens is 1. The van der Waals surface area contributed by atoms with Gasteiger partial charge in [-0.3, -0.25) is 0 Å². The Balaban J connectivity index is 2.54. The second-order valence-corrected chi connectivity index (χ2v) is 3.62. The number of benzene rings is 1. The number of hydrogen-bond donors (Lipinski definition) is 1. The molecule has 0 radical (unpaired) electrons. The minimum Gasteiger partial charge on any atom is -0.492 e. The molecule has 1 aromatic carbocycles. The lowest BCUT2D eigenvalue weighted by molar-refractivity contribution is 0.266. The average Bonchev–Trinajstić information content (AvgIpc) is 2.24. The maximum atomic E-state index is 13.2. The lowest BCUT2D eigenvalue weighted by Crippen LogP contribution is -2.30. The maximum absolute atomic E-state index is 13.2. The Kier molecular flexibility index (Phi) is 4.56. The highest BCUT2D eigenvalue weighted by atomic mass is 19.1. The number of hydrogen-bond acceptors (Lipinski definition) is 2. The van der Waals surface area contributed by atoms with Crippen molar-refractivity contribution in [3.05, 3.63) is 29.6 Å². The molecule has 1 aromatic rings. The van der Waals surface area contributed by atoms with E-state index in [2.05, 4.69) is 12.2 Å². The molecule has 0 aliphatic heterocycles. The van der Waals surface area contributed by atoms with Gasteiger partial charge in [0.05, 0.1) is 0 Å². The predicted molar refractivity (Wildman–Crippen MR) is 59.8 cm³/mol. The number of rotatable bonds is 5. The Morgan fingerprint density at radius 1 is 1.47 bits per heavy atom. The van der Waals surface area contributed by atoms with Crippen molar-refractivity contribution in [3.63, 3.8) is 0 Å². The van der Waals surface area contributed by atoms with Crippen molar-refractivity contribution in [2.75, 3.05) is 13.7 Å². The lowest BCUT2D eigenvalue weighted by atomic mass is 10.2. The average molecular weight is 211 g/mol. The number of likely N-dealkylation sites (N-methyl/N-ethyl adjacent to an activating group) is 1. The molecule has 0 heterocycles. The first-order valence-corrected chi connectivity index (χ1v) is 5.23. The molecule has 1 unspecified atom stereocenters. The van der Waals surface area contributed by atoms with Gasteiger partial charge in [-0.2, -0.15) is 0 Å². The zero-order chi connectivity index (χ0) is 11.3. The largest absolute Gasteiger partial charge is 0.492 e. The van der Waals surface area contributed by atoms with E-state index >= 15 is 0 Å². The van der Waals surface area contributed by atoms with Gasteiger partial charge < -0.3 is 10.1 Å². The van der Waals surface area contributed by atoms with Crippen LogP contribution in [0.3, 0.4) is 0 Å². The molecule has 1 N–H and O–H groups in total. The van der Waals surface area contributed by atoms with Crippen LogP contribution in [0.25, 0.3) is 0 Å². The Hall–Kier alpha value is -1.09. The SMILES string of the molecule is CCC(COc1ccc(C)c(F)c1)NC. The highest BCUT2D eigenvalue weighted by Gasteiger charge is 2.05. The van der Waals surface area contributed by atoms with Crippen LogP contribution in [0.15, 0.2) is 18.2 Å². The summed E-state index contributed by atoms with van der Waals surface area (Å²) in [5.74, 6) is 0.372. The molecule has 0 aliphatic rings. The van der Waals surface area contributed by atoms with Crippen LogP contribution in [0.1, 0.15) is 18.9 Å². The van der Waals surface area contributed by atoms with Crippen molar-refractivity contribution >= 4 is 0 Å². The van der Waals surface area contributed by atoms with E-state index in [9.17, 15) is 4.39 Å². The fourth-order valence-electron chi connectivity index (χ4n) is 1.27. The summed E-state index contributed by atoms with van der Waals surface area (Å²) in [5, 5.41) is 3.13. The summed E-state index contributed by atoms with van der Waals surface area (Å²) in [7, 11) is 1.90. The van der Waals surface area contributed by atoms with Crippen LogP contribution < -0.4 is 10.1 Å². The van der Waals surface area contributed by atoms with Gasteiger partial charge in [0.1, 0.15) is 18.2 Å². The molecular weight excluding hydrogens is 193 g/mol. The Morgan fingerprint density at radius 2 is 2.20 bits per heavy atom. The van der Waals surface area contributed by atoms with E-state index in [1.807, 2.05) is 7.05 Å². The number of nitrogens with one attached hydrogen (secondary N) is 1. The van der Waals surface area contributed by atoms with Crippen molar-refractivity contribution in [3.8, 4) is 5.75 Å². The standard InChI is InChI=1S/C12H18FNO/c1-4-10(14-3)8-15-11-6-5-9(2)12(13)7-11/h5-7,10,14H,4,8H2,1-3H3. The monoisotopic (exact) mass is 211 g/mol. The van der Waals surface area contributed by atoms with E-state index in [-0.39, 0.29) is 5.82 Å². The summed E-state index contributed by atoms with van der Waals surface area (Å²) in [6, 6.07) is 5.26. The highest BCUT2D eigenvalue weighted by Crippen LogP contribution is 2.16. The fraction of sp³-hybridized carbons (Fsp3) is 0.500. The zero-order valence-electron chi connectivity index (χ0n) is 9.51. The predicted octanol–water partition coefficient (Wildman–Crippen LogP) is 2.51. The smallest absolute Gasteiger partial charge is 0.129 e. The van der Waals surface area contributed by atoms with Gasteiger partial charge in [0.25, 0.3) is 0 Å². The molecule has 0 spiro atoms. The summed E-state index contributed by atoms with van der Waals surface area (Å²) < 4.78 is 18.7. The first-order chi connectivity index (χ1) is 7.17. The van der Waals surface area contributed by atoms with Crippen LogP contribution in [0, 0.1) is 12.7 Å². The molecule has 0 fully saturated rings. The normalized spacial score (nSPS) is 12.5. The first-order valence-electron chi connectivity index (χ1n) is 5.23. The van der Waals surface area contributed by atoms with Gasteiger partial charge in [0.15, 0.2) is 0 Å². The molecule has 3 heteroatoms. The van der Waals surface area contributed by atoms with Gasteiger partial charge >= 0.3 is 0 Å². The molecule has 0 saturated heterocycles. The molecule has 1 atom stereocenters. The number of ether oxygens (including phenoxy) is 1. The van der Waals surface area contributed by atoms with E-state index in [0.29, 0.717) is 24.0 Å². The van der Waals surface area contributed by atoms with Crippen LogP contribution in [-0.2, 0) is 0 Å². The topological polar surface area (TPSA) is 21.3 Å². The van der Waals surface area contributed by atoms with Gasteiger partial charge in [0.2, 0.25) is 0 Å². The lowest BCUT2D eigenvalue weighted by Gasteiger charge is -2.15. The van der Waals surface area contributed by atoms with Gasteiger partial charge in [-0.15, -0.1) is 0 Å². The quantitative estimate of drug-likeness (QED) is 0.808. The molecule has 84 valence electrons. The van der Waals surface area contributed by atoms with E-state index in [0.717, 1.165) is 6.42 Å². The van der Waals surface area contributed by atoms with Gasteiger partial charge in [-0.1, -0.05) is 13.0 Å². The van der Waals surface area contributed by atoms with E-state index in [1.165, 1.54) is 6.07 Å². The van der Waals surface area contributed by atoms with Crippen molar-refractivity contribution in [2.24, 2.45) is 0 Å². The molecule has 2 nitrogen and oxygen atoms in total. The van der Waals surface area contributed by atoms with Crippen LogP contribution in [-0.4, -0.2) is 19.7 Å². The van der Waals surface area contributed by atoms with E-state index < -0.39 is 0 Å². The van der Waals surface area contributed by atoms with Crippen LogP contribution in [0.4, 0.5) is 4.39 Å². The van der Waals surface area contributed by atoms with Crippen molar-refractivity contribution in [2.45, 2.75) is 26.3 Å². The van der Waals surface area contributed by atoms with Crippen molar-refractivity contribution in [1.82, 2.24) is 5.32 Å². The molecule has 0 aromatic heterocycles. The molecular formula is C12H18FNO. The first kappa shape index (κ1) is 12.0. The fourth-order valence-corrected chi connectivity index (χ4v) is 1.27. The van der Waals surface area contributed by atoms with Crippen LogP contribution in [0.5, 0.6) is 5.75 Å². The molecule has 0 saturated carbocycles. The Morgan fingerprint density at radius 3 is 2.73 bits per heavy atom. The third kappa shape index (κ3) is 3.51. The summed E-state index contributed by atoms with van der Waals surface area (Å²) in [4.78, 5) is 0. The van der Waals surface area contributed by atoms with Gasteiger partial charge in [-0.05, 0) is 32.0 Å².